The van der Waals surface area contributed by atoms with E-state index < -0.39 is 0 Å². The summed E-state index contributed by atoms with van der Waals surface area (Å²) in [4.78, 5) is 13.1. The van der Waals surface area contributed by atoms with Crippen LogP contribution >= 0.6 is 46.6 Å². The second-order valence-corrected chi connectivity index (χ2v) is 10.0. The minimum atomic E-state index is 0.0462. The van der Waals surface area contributed by atoms with Crippen molar-refractivity contribution in [2.75, 3.05) is 23.8 Å². The molecule has 1 N–H and O–H groups in total. The topological polar surface area (TPSA) is 54.9 Å². The van der Waals surface area contributed by atoms with Crippen LogP contribution in [0.1, 0.15) is 25.3 Å². The van der Waals surface area contributed by atoms with Gasteiger partial charge in [-0.2, -0.15) is 0 Å². The third kappa shape index (κ3) is 8.48. The molecule has 0 atom stereocenters. The van der Waals surface area contributed by atoms with Gasteiger partial charge in [-0.1, -0.05) is 65.9 Å². The largest absolute Gasteiger partial charge is 0.355 e. The number of carbonyl (C=O) groups excluding carboxylic acids is 1. The Bertz CT molecular complexity index is 646. The van der Waals surface area contributed by atoms with Gasteiger partial charge in [-0.15, -0.1) is 22.0 Å². The number of unbranched alkanes of at least 4 members (excludes halogenated alkanes) is 1. The van der Waals surface area contributed by atoms with Gasteiger partial charge in [0.15, 0.2) is 8.68 Å². The maximum Gasteiger partial charge on any atom is 0.230 e. The van der Waals surface area contributed by atoms with Crippen molar-refractivity contribution in [3.05, 3.63) is 29.8 Å². The Kier molecular flexibility index (Phi) is 9.75. The first kappa shape index (κ1) is 20.6. The summed E-state index contributed by atoms with van der Waals surface area (Å²) in [6.45, 7) is 4.93. The van der Waals surface area contributed by atoms with Crippen LogP contribution in [0.25, 0.3) is 0 Å². The molecular weight excluding hydrogens is 390 g/mol. The lowest BCUT2D eigenvalue weighted by atomic mass is 10.2. The number of carbonyl (C=O) groups is 1. The van der Waals surface area contributed by atoms with Crippen LogP contribution in [0, 0.1) is 6.92 Å². The van der Waals surface area contributed by atoms with Crippen molar-refractivity contribution in [3.63, 3.8) is 0 Å². The lowest BCUT2D eigenvalue weighted by Crippen LogP contribution is -2.27. The molecule has 1 heterocycles. The summed E-state index contributed by atoms with van der Waals surface area (Å²) >= 11 is 6.53. The molecule has 0 radical (unpaired) electrons. The van der Waals surface area contributed by atoms with Crippen molar-refractivity contribution >= 4 is 52.5 Å². The fraction of sp³-hybridized carbons (Fsp3) is 0.471. The third-order valence-electron chi connectivity index (χ3n) is 3.15. The number of thioether (sulfide) groups is 3. The predicted octanol–water partition coefficient (Wildman–Crippen LogP) is 4.74. The third-order valence-corrected chi connectivity index (χ3v) is 7.44. The number of hydrogen-bond acceptors (Lipinski definition) is 7. The average Bonchev–Trinajstić information content (AvgIpc) is 3.06. The van der Waals surface area contributed by atoms with Gasteiger partial charge >= 0.3 is 0 Å². The number of benzene rings is 1. The summed E-state index contributed by atoms with van der Waals surface area (Å²) in [5, 5.41) is 11.2. The van der Waals surface area contributed by atoms with Gasteiger partial charge < -0.3 is 5.32 Å². The lowest BCUT2D eigenvalue weighted by molar-refractivity contribution is -0.118. The lowest BCUT2D eigenvalue weighted by Gasteiger charge is -2.04. The number of nitrogens with one attached hydrogen (secondary N) is 1. The molecule has 0 saturated carbocycles. The van der Waals surface area contributed by atoms with Crippen molar-refractivity contribution < 1.29 is 4.79 Å². The number of aromatic nitrogens is 2. The van der Waals surface area contributed by atoms with E-state index >= 15 is 0 Å². The fourth-order valence-electron chi connectivity index (χ4n) is 1.79. The highest BCUT2D eigenvalue weighted by molar-refractivity contribution is 8.03. The molecule has 0 spiro atoms. The minimum absolute atomic E-state index is 0.0462. The predicted molar refractivity (Wildman–Crippen MR) is 111 cm³/mol. The van der Waals surface area contributed by atoms with E-state index in [0.29, 0.717) is 12.3 Å². The summed E-state index contributed by atoms with van der Waals surface area (Å²) in [5.74, 6) is 2.39. The van der Waals surface area contributed by atoms with Crippen molar-refractivity contribution in [1.29, 1.82) is 0 Å². The standard InChI is InChI=1S/C17H23N3OS4/c1-3-4-10-23-16-19-20-17(25-16)24-12-15(21)18-9-11-22-14-7-5-13(2)6-8-14/h5-8H,3-4,9-12H2,1-2H3,(H,18,21). The quantitative estimate of drug-likeness (QED) is 0.424. The summed E-state index contributed by atoms with van der Waals surface area (Å²) in [6, 6.07) is 8.44. The first-order valence-electron chi connectivity index (χ1n) is 8.22. The van der Waals surface area contributed by atoms with Crippen molar-refractivity contribution in [3.8, 4) is 0 Å². The Labute approximate surface area is 166 Å². The summed E-state index contributed by atoms with van der Waals surface area (Å²) in [6.07, 6.45) is 2.38. The van der Waals surface area contributed by atoms with Gasteiger partial charge in [0.05, 0.1) is 5.75 Å². The Balaban J connectivity index is 1.58. The second kappa shape index (κ2) is 11.8. The Morgan fingerprint density at radius 1 is 1.08 bits per heavy atom. The smallest absolute Gasteiger partial charge is 0.230 e. The van der Waals surface area contributed by atoms with E-state index in [1.54, 1.807) is 34.9 Å². The molecule has 0 aliphatic heterocycles. The van der Waals surface area contributed by atoms with E-state index in [2.05, 4.69) is 53.6 Å². The van der Waals surface area contributed by atoms with Crippen LogP contribution in [0.15, 0.2) is 37.8 Å². The van der Waals surface area contributed by atoms with Gasteiger partial charge in [0, 0.05) is 22.9 Å². The number of aryl methyl sites for hydroxylation is 1. The molecule has 0 aliphatic carbocycles. The zero-order valence-corrected chi connectivity index (χ0v) is 17.8. The molecule has 8 heteroatoms. The van der Waals surface area contributed by atoms with Gasteiger partial charge in [0.25, 0.3) is 0 Å². The summed E-state index contributed by atoms with van der Waals surface area (Å²) in [5.41, 5.74) is 1.26. The zero-order valence-electron chi connectivity index (χ0n) is 14.5. The van der Waals surface area contributed by atoms with Gasteiger partial charge in [-0.3, -0.25) is 4.79 Å². The molecule has 0 bridgehead atoms. The Morgan fingerprint density at radius 2 is 1.80 bits per heavy atom. The Morgan fingerprint density at radius 3 is 2.52 bits per heavy atom. The van der Waals surface area contributed by atoms with Gasteiger partial charge in [-0.05, 0) is 25.5 Å². The number of hydrogen-bond donors (Lipinski definition) is 1. The first-order chi connectivity index (χ1) is 12.2. The molecule has 136 valence electrons. The van der Waals surface area contributed by atoms with E-state index in [9.17, 15) is 4.79 Å². The van der Waals surface area contributed by atoms with Crippen molar-refractivity contribution in [1.82, 2.24) is 15.5 Å². The fourth-order valence-corrected chi connectivity index (χ4v) is 5.56. The number of nitrogens with zero attached hydrogens (tertiary/aromatic N) is 2. The zero-order chi connectivity index (χ0) is 17.9. The second-order valence-electron chi connectivity index (χ2n) is 5.34. The monoisotopic (exact) mass is 413 g/mol. The maximum atomic E-state index is 11.9. The SMILES string of the molecule is CCCCSc1nnc(SCC(=O)NCCSc2ccc(C)cc2)s1. The highest BCUT2D eigenvalue weighted by Gasteiger charge is 2.08. The van der Waals surface area contributed by atoms with Crippen LogP contribution in [0.3, 0.4) is 0 Å². The van der Waals surface area contributed by atoms with Gasteiger partial charge in [-0.25, -0.2) is 0 Å². The van der Waals surface area contributed by atoms with Crippen LogP contribution in [0.5, 0.6) is 0 Å². The van der Waals surface area contributed by atoms with E-state index in [4.69, 9.17) is 0 Å². The molecule has 25 heavy (non-hydrogen) atoms. The van der Waals surface area contributed by atoms with E-state index in [-0.39, 0.29) is 5.91 Å². The molecule has 1 aromatic carbocycles. The number of rotatable bonds is 11. The average molecular weight is 414 g/mol. The molecule has 0 aliphatic rings. The van der Waals surface area contributed by atoms with E-state index in [0.717, 1.165) is 20.2 Å². The van der Waals surface area contributed by atoms with E-state index in [1.165, 1.54) is 35.1 Å². The highest BCUT2D eigenvalue weighted by atomic mass is 32.2. The molecule has 0 unspecified atom stereocenters. The molecule has 1 aromatic heterocycles. The molecule has 1 amide bonds. The normalized spacial score (nSPS) is 10.8. The van der Waals surface area contributed by atoms with Crippen molar-refractivity contribution in [2.45, 2.75) is 40.3 Å². The van der Waals surface area contributed by atoms with Crippen molar-refractivity contribution in [2.24, 2.45) is 0 Å². The molecule has 0 saturated heterocycles. The summed E-state index contributed by atoms with van der Waals surface area (Å²) < 4.78 is 1.86. The number of amides is 1. The summed E-state index contributed by atoms with van der Waals surface area (Å²) in [7, 11) is 0. The van der Waals surface area contributed by atoms with Crippen LogP contribution in [-0.4, -0.2) is 39.9 Å². The van der Waals surface area contributed by atoms with Crippen LogP contribution in [0.2, 0.25) is 0 Å². The first-order valence-corrected chi connectivity index (χ1v) is 12.0. The molecule has 2 rings (SSSR count). The van der Waals surface area contributed by atoms with Crippen LogP contribution < -0.4 is 5.32 Å². The molecule has 4 nitrogen and oxygen atoms in total. The molecular formula is C17H23N3OS4. The highest BCUT2D eigenvalue weighted by Crippen LogP contribution is 2.29. The van der Waals surface area contributed by atoms with E-state index in [1.807, 2.05) is 0 Å². The Hall–Kier alpha value is -0.700. The maximum absolute atomic E-state index is 11.9. The van der Waals surface area contributed by atoms with Crippen LogP contribution in [0.4, 0.5) is 0 Å². The van der Waals surface area contributed by atoms with Gasteiger partial charge in [0.2, 0.25) is 5.91 Å². The minimum Gasteiger partial charge on any atom is -0.355 e. The van der Waals surface area contributed by atoms with Gasteiger partial charge in [0.1, 0.15) is 0 Å². The molecule has 0 fully saturated rings. The molecule has 2 aromatic rings. The van der Waals surface area contributed by atoms with Crippen LogP contribution in [-0.2, 0) is 4.79 Å².